The fourth-order valence-corrected chi connectivity index (χ4v) is 3.41. The molecule has 1 N–H and O–H groups in total. The lowest BCUT2D eigenvalue weighted by Crippen LogP contribution is -2.23. The highest BCUT2D eigenvalue weighted by atomic mass is 32.2. The number of hydrogen-bond acceptors (Lipinski definition) is 6. The molecule has 0 unspecified atom stereocenters. The van der Waals surface area contributed by atoms with Gasteiger partial charge in [0.15, 0.2) is 0 Å². The van der Waals surface area contributed by atoms with Crippen LogP contribution in [-0.4, -0.2) is 18.3 Å². The van der Waals surface area contributed by atoms with E-state index in [-0.39, 0.29) is 23.0 Å². The maximum atomic E-state index is 12.3. The van der Waals surface area contributed by atoms with Crippen molar-refractivity contribution >= 4 is 15.7 Å². The Hall–Kier alpha value is -3.04. The largest absolute Gasteiger partial charge is 0.444 e. The van der Waals surface area contributed by atoms with E-state index >= 15 is 0 Å². The van der Waals surface area contributed by atoms with Crippen LogP contribution in [0.3, 0.4) is 0 Å². The fraction of sp³-hybridized carbons (Fsp3) is 0.118. The molecular weight excluding hydrogens is 358 g/mol. The zero-order valence-electron chi connectivity index (χ0n) is 13.7. The van der Waals surface area contributed by atoms with Gasteiger partial charge in [0, 0.05) is 17.7 Å². The molecule has 0 radical (unpaired) electrons. The highest BCUT2D eigenvalue weighted by Gasteiger charge is 2.19. The van der Waals surface area contributed by atoms with Gasteiger partial charge in [-0.15, -0.1) is 0 Å². The molecule has 1 aromatic heterocycles. The molecule has 2 aromatic carbocycles. The topological polar surface area (TPSA) is 115 Å². The van der Waals surface area contributed by atoms with E-state index in [1.54, 1.807) is 6.92 Å². The predicted octanol–water partition coefficient (Wildman–Crippen LogP) is 3.04. The van der Waals surface area contributed by atoms with Gasteiger partial charge in [-0.05, 0) is 13.0 Å². The van der Waals surface area contributed by atoms with Crippen molar-refractivity contribution in [3.8, 4) is 11.3 Å². The molecule has 3 aromatic rings. The van der Waals surface area contributed by atoms with Gasteiger partial charge < -0.3 is 4.42 Å². The van der Waals surface area contributed by atoms with E-state index in [1.165, 1.54) is 18.2 Å². The van der Waals surface area contributed by atoms with Gasteiger partial charge >= 0.3 is 0 Å². The molecule has 3 rings (SSSR count). The summed E-state index contributed by atoms with van der Waals surface area (Å²) in [4.78, 5) is 14.3. The van der Waals surface area contributed by atoms with Crippen LogP contribution in [-0.2, 0) is 16.6 Å². The number of nitro groups is 1. The lowest BCUT2D eigenvalue weighted by Gasteiger charge is -2.04. The maximum Gasteiger partial charge on any atom is 0.270 e. The van der Waals surface area contributed by atoms with Gasteiger partial charge in [0.2, 0.25) is 15.9 Å². The third kappa shape index (κ3) is 3.79. The zero-order chi connectivity index (χ0) is 18.7. The summed E-state index contributed by atoms with van der Waals surface area (Å²) in [7, 11) is -3.94. The molecule has 0 aliphatic carbocycles. The maximum absolute atomic E-state index is 12.3. The quantitative estimate of drug-likeness (QED) is 0.524. The molecule has 0 saturated heterocycles. The van der Waals surface area contributed by atoms with Gasteiger partial charge in [-0.3, -0.25) is 10.1 Å². The van der Waals surface area contributed by atoms with Crippen LogP contribution in [0.5, 0.6) is 0 Å². The third-order valence-corrected chi connectivity index (χ3v) is 5.04. The summed E-state index contributed by atoms with van der Waals surface area (Å²) in [6.45, 7) is 1.58. The Morgan fingerprint density at radius 1 is 1.15 bits per heavy atom. The Morgan fingerprint density at radius 2 is 1.88 bits per heavy atom. The second kappa shape index (κ2) is 7.06. The lowest BCUT2D eigenvalue weighted by atomic mass is 10.1. The molecule has 0 saturated carbocycles. The predicted molar refractivity (Wildman–Crippen MR) is 93.8 cm³/mol. The normalized spacial score (nSPS) is 11.4. The standard InChI is InChI=1S/C17H15N3O5S/c1-12-17(13-6-3-2-4-7-13)19-16(25-12)11-18-26(23,24)15-9-5-8-14(10-15)20(21)22/h2-10,18H,11H2,1H3. The molecule has 0 fully saturated rings. The third-order valence-electron chi connectivity index (χ3n) is 3.64. The first kappa shape index (κ1) is 17.8. The minimum Gasteiger partial charge on any atom is -0.444 e. The van der Waals surface area contributed by atoms with Gasteiger partial charge in [-0.25, -0.2) is 18.1 Å². The highest BCUT2D eigenvalue weighted by molar-refractivity contribution is 7.89. The van der Waals surface area contributed by atoms with Crippen molar-refractivity contribution in [2.75, 3.05) is 0 Å². The number of non-ortho nitro benzene ring substituents is 1. The summed E-state index contributed by atoms with van der Waals surface area (Å²) in [6.07, 6.45) is 0. The van der Waals surface area contributed by atoms with Gasteiger partial charge in [-0.1, -0.05) is 36.4 Å². The Labute approximate surface area is 149 Å². The SMILES string of the molecule is Cc1oc(CNS(=O)(=O)c2cccc([N+](=O)[O-])c2)nc1-c1ccccc1. The Bertz CT molecular complexity index is 1050. The number of aromatic nitrogens is 1. The van der Waals surface area contributed by atoms with E-state index in [1.807, 2.05) is 30.3 Å². The van der Waals surface area contributed by atoms with Crippen molar-refractivity contribution in [1.82, 2.24) is 9.71 Å². The smallest absolute Gasteiger partial charge is 0.270 e. The molecule has 8 nitrogen and oxygen atoms in total. The monoisotopic (exact) mass is 373 g/mol. The van der Waals surface area contributed by atoms with Crippen molar-refractivity contribution in [1.29, 1.82) is 0 Å². The molecule has 26 heavy (non-hydrogen) atoms. The average Bonchev–Trinajstić information content (AvgIpc) is 3.02. The summed E-state index contributed by atoms with van der Waals surface area (Å²) in [5.41, 5.74) is 1.20. The number of hydrogen-bond donors (Lipinski definition) is 1. The van der Waals surface area contributed by atoms with Gasteiger partial charge in [-0.2, -0.15) is 0 Å². The lowest BCUT2D eigenvalue weighted by molar-refractivity contribution is -0.385. The van der Waals surface area contributed by atoms with Crippen molar-refractivity contribution in [2.24, 2.45) is 0 Å². The van der Waals surface area contributed by atoms with Crippen LogP contribution in [0.15, 0.2) is 63.9 Å². The van der Waals surface area contributed by atoms with E-state index in [0.717, 1.165) is 11.6 Å². The summed E-state index contributed by atoms with van der Waals surface area (Å²) in [5, 5.41) is 10.8. The Morgan fingerprint density at radius 3 is 2.58 bits per heavy atom. The molecule has 0 amide bonds. The Kier molecular flexibility index (Phi) is 4.83. The van der Waals surface area contributed by atoms with Crippen LogP contribution >= 0.6 is 0 Å². The van der Waals surface area contributed by atoms with E-state index in [0.29, 0.717) is 11.5 Å². The van der Waals surface area contributed by atoms with E-state index in [2.05, 4.69) is 9.71 Å². The van der Waals surface area contributed by atoms with Gasteiger partial charge in [0.25, 0.3) is 5.69 Å². The highest BCUT2D eigenvalue weighted by Crippen LogP contribution is 2.23. The van der Waals surface area contributed by atoms with Crippen LogP contribution in [0.25, 0.3) is 11.3 Å². The van der Waals surface area contributed by atoms with Crippen molar-refractivity contribution in [3.63, 3.8) is 0 Å². The van der Waals surface area contributed by atoms with Crippen LogP contribution in [0.4, 0.5) is 5.69 Å². The first-order chi connectivity index (χ1) is 12.4. The zero-order valence-corrected chi connectivity index (χ0v) is 14.6. The molecular formula is C17H15N3O5S. The minimum atomic E-state index is -3.94. The average molecular weight is 373 g/mol. The first-order valence-electron chi connectivity index (χ1n) is 7.62. The fourth-order valence-electron chi connectivity index (χ4n) is 2.40. The van der Waals surface area contributed by atoms with E-state index in [9.17, 15) is 18.5 Å². The molecule has 0 atom stereocenters. The summed E-state index contributed by atoms with van der Waals surface area (Å²) >= 11 is 0. The second-order valence-corrected chi connectivity index (χ2v) is 7.22. The molecule has 0 bridgehead atoms. The van der Waals surface area contributed by atoms with Crippen molar-refractivity contribution in [2.45, 2.75) is 18.4 Å². The molecule has 0 aliphatic rings. The van der Waals surface area contributed by atoms with Crippen molar-refractivity contribution < 1.29 is 17.8 Å². The van der Waals surface area contributed by atoms with E-state index < -0.39 is 14.9 Å². The molecule has 0 aliphatic heterocycles. The summed E-state index contributed by atoms with van der Waals surface area (Å²) in [5.74, 6) is 0.774. The minimum absolute atomic E-state index is 0.168. The number of aryl methyl sites for hydroxylation is 1. The van der Waals surface area contributed by atoms with Crippen LogP contribution in [0, 0.1) is 17.0 Å². The number of nitrogens with one attached hydrogen (secondary N) is 1. The van der Waals surface area contributed by atoms with Crippen molar-refractivity contribution in [3.05, 3.63) is 76.4 Å². The summed E-state index contributed by atoms with van der Waals surface area (Å²) < 4.78 is 32.5. The first-order valence-corrected chi connectivity index (χ1v) is 9.11. The van der Waals surface area contributed by atoms with Crippen LogP contribution in [0.1, 0.15) is 11.7 Å². The van der Waals surface area contributed by atoms with E-state index in [4.69, 9.17) is 4.42 Å². The number of sulfonamides is 1. The molecule has 9 heteroatoms. The van der Waals surface area contributed by atoms with Crippen LogP contribution in [0.2, 0.25) is 0 Å². The second-order valence-electron chi connectivity index (χ2n) is 5.46. The summed E-state index contributed by atoms with van der Waals surface area (Å²) in [6, 6.07) is 14.2. The van der Waals surface area contributed by atoms with Crippen LogP contribution < -0.4 is 4.72 Å². The number of rotatable bonds is 6. The number of oxazole rings is 1. The number of benzene rings is 2. The number of nitrogens with zero attached hydrogens (tertiary/aromatic N) is 2. The molecule has 134 valence electrons. The molecule has 0 spiro atoms. The number of nitro benzene ring substituents is 1. The van der Waals surface area contributed by atoms with Gasteiger partial charge in [0.05, 0.1) is 16.4 Å². The Balaban J connectivity index is 1.79. The van der Waals surface area contributed by atoms with Gasteiger partial charge in [0.1, 0.15) is 11.5 Å². The molecule has 1 heterocycles.